The van der Waals surface area contributed by atoms with E-state index in [1.54, 1.807) is 0 Å². The monoisotopic (exact) mass is 258 g/mol. The van der Waals surface area contributed by atoms with E-state index in [4.69, 9.17) is 5.73 Å². The molecule has 0 aliphatic heterocycles. The summed E-state index contributed by atoms with van der Waals surface area (Å²) >= 11 is 0. The molecule has 1 aliphatic carbocycles. The van der Waals surface area contributed by atoms with Gasteiger partial charge in [-0.1, -0.05) is 26.2 Å². The Bertz CT molecular complexity index is 259. The maximum Gasteiger partial charge on any atom is 0.225 e. The van der Waals surface area contributed by atoms with Crippen molar-refractivity contribution in [2.45, 2.75) is 57.0 Å². The van der Waals surface area contributed by atoms with Gasteiger partial charge in [-0.3, -0.25) is 4.79 Å². The summed E-state index contributed by atoms with van der Waals surface area (Å²) < 4.78 is 0. The maximum absolute atomic E-state index is 12.2. The third kappa shape index (κ3) is 3.67. The minimum atomic E-state index is -0.914. The molecule has 18 heavy (non-hydrogen) atoms. The summed E-state index contributed by atoms with van der Waals surface area (Å²) in [5.74, 6) is -0.328. The molecule has 0 saturated heterocycles. The van der Waals surface area contributed by atoms with E-state index in [0.29, 0.717) is 6.42 Å². The van der Waals surface area contributed by atoms with E-state index < -0.39 is 5.54 Å². The van der Waals surface area contributed by atoms with Gasteiger partial charge in [0, 0.05) is 6.04 Å². The number of amides is 1. The van der Waals surface area contributed by atoms with Gasteiger partial charge >= 0.3 is 0 Å². The summed E-state index contributed by atoms with van der Waals surface area (Å²) in [5.41, 5.74) is 5.12. The van der Waals surface area contributed by atoms with Crippen molar-refractivity contribution in [2.24, 2.45) is 11.7 Å². The molecule has 0 aromatic heterocycles. The van der Waals surface area contributed by atoms with Crippen LogP contribution < -0.4 is 11.1 Å². The van der Waals surface area contributed by atoms with Crippen LogP contribution in [0.15, 0.2) is 0 Å². The predicted molar refractivity (Wildman–Crippen MR) is 69.9 cm³/mol. The first-order valence-corrected chi connectivity index (χ1v) is 6.88. The fourth-order valence-electron chi connectivity index (χ4n) is 2.46. The molecule has 1 saturated carbocycles. The average Bonchev–Trinajstić information content (AvgIpc) is 2.60. The number of carbonyl (C=O) groups excluding carboxylic acids is 1. The molecule has 0 heterocycles. The Labute approximate surface area is 109 Å². The zero-order valence-electron chi connectivity index (χ0n) is 11.2. The van der Waals surface area contributed by atoms with Crippen LogP contribution >= 0.6 is 0 Å². The fourth-order valence-corrected chi connectivity index (χ4v) is 2.46. The van der Waals surface area contributed by atoms with Crippen molar-refractivity contribution in [3.63, 3.8) is 0 Å². The third-order valence-corrected chi connectivity index (χ3v) is 4.08. The number of hydrogen-bond acceptors (Lipinski definition) is 4. The Morgan fingerprint density at radius 3 is 2.44 bits per heavy atom. The van der Waals surface area contributed by atoms with Crippen molar-refractivity contribution in [2.75, 3.05) is 13.2 Å². The maximum atomic E-state index is 12.2. The molecule has 5 heteroatoms. The SMILES string of the molecule is CCC(CO)(CO)NC(=O)C1CCCCCC1N. The average molecular weight is 258 g/mol. The van der Waals surface area contributed by atoms with E-state index >= 15 is 0 Å². The Morgan fingerprint density at radius 2 is 1.89 bits per heavy atom. The van der Waals surface area contributed by atoms with Gasteiger partial charge < -0.3 is 21.3 Å². The van der Waals surface area contributed by atoms with E-state index in [0.717, 1.165) is 32.1 Å². The number of nitrogens with two attached hydrogens (primary N) is 1. The van der Waals surface area contributed by atoms with Crippen molar-refractivity contribution in [3.05, 3.63) is 0 Å². The standard InChI is InChI=1S/C13H26N2O3/c1-2-13(8-16,9-17)15-12(18)10-6-4-3-5-7-11(10)14/h10-11,16-17H,2-9,14H2,1H3,(H,15,18). The molecule has 1 rings (SSSR count). The second-order valence-corrected chi connectivity index (χ2v) is 5.35. The van der Waals surface area contributed by atoms with Crippen LogP contribution in [0.4, 0.5) is 0 Å². The largest absolute Gasteiger partial charge is 0.394 e. The van der Waals surface area contributed by atoms with Crippen LogP contribution in [0.25, 0.3) is 0 Å². The quantitative estimate of drug-likeness (QED) is 0.528. The van der Waals surface area contributed by atoms with Gasteiger partial charge in [0.05, 0.1) is 24.7 Å². The van der Waals surface area contributed by atoms with E-state index in [9.17, 15) is 15.0 Å². The highest BCUT2D eigenvalue weighted by Gasteiger charge is 2.34. The molecule has 2 atom stereocenters. The number of aliphatic hydroxyl groups is 2. The van der Waals surface area contributed by atoms with Crippen LogP contribution in [-0.2, 0) is 4.79 Å². The lowest BCUT2D eigenvalue weighted by Crippen LogP contribution is -2.57. The summed E-state index contributed by atoms with van der Waals surface area (Å²) in [6.45, 7) is 1.32. The zero-order valence-corrected chi connectivity index (χ0v) is 11.2. The fraction of sp³-hybridized carbons (Fsp3) is 0.923. The molecule has 0 radical (unpaired) electrons. The molecule has 5 N–H and O–H groups in total. The molecule has 5 nitrogen and oxygen atoms in total. The van der Waals surface area contributed by atoms with Crippen molar-refractivity contribution in [1.29, 1.82) is 0 Å². The van der Waals surface area contributed by atoms with Gasteiger partial charge in [-0.25, -0.2) is 0 Å². The van der Waals surface area contributed by atoms with Gasteiger partial charge in [-0.05, 0) is 19.3 Å². The molecule has 106 valence electrons. The van der Waals surface area contributed by atoms with Crippen molar-refractivity contribution in [1.82, 2.24) is 5.32 Å². The van der Waals surface area contributed by atoms with Crippen LogP contribution in [0, 0.1) is 5.92 Å². The van der Waals surface area contributed by atoms with Crippen molar-refractivity contribution in [3.8, 4) is 0 Å². The smallest absolute Gasteiger partial charge is 0.225 e. The first-order chi connectivity index (χ1) is 8.58. The molecular formula is C13H26N2O3. The number of aliphatic hydroxyl groups excluding tert-OH is 2. The second-order valence-electron chi connectivity index (χ2n) is 5.35. The molecule has 1 aliphatic rings. The third-order valence-electron chi connectivity index (χ3n) is 4.08. The van der Waals surface area contributed by atoms with Gasteiger partial charge in [0.25, 0.3) is 0 Å². The summed E-state index contributed by atoms with van der Waals surface area (Å²) in [5, 5.41) is 21.5. The molecule has 0 spiro atoms. The van der Waals surface area contributed by atoms with E-state index in [-0.39, 0.29) is 31.1 Å². The number of carbonyl (C=O) groups is 1. The Morgan fingerprint density at radius 1 is 1.28 bits per heavy atom. The number of hydrogen-bond donors (Lipinski definition) is 4. The Kier molecular flexibility index (Phi) is 6.05. The van der Waals surface area contributed by atoms with Gasteiger partial charge in [0.15, 0.2) is 0 Å². The van der Waals surface area contributed by atoms with E-state index in [1.165, 1.54) is 0 Å². The minimum absolute atomic E-state index is 0.112. The van der Waals surface area contributed by atoms with Crippen LogP contribution in [-0.4, -0.2) is 40.9 Å². The van der Waals surface area contributed by atoms with Gasteiger partial charge in [0.2, 0.25) is 5.91 Å². The number of rotatable bonds is 5. The highest BCUT2D eigenvalue weighted by atomic mass is 16.3. The lowest BCUT2D eigenvalue weighted by molar-refractivity contribution is -0.129. The van der Waals surface area contributed by atoms with Gasteiger partial charge in [-0.15, -0.1) is 0 Å². The minimum Gasteiger partial charge on any atom is -0.394 e. The molecule has 1 fully saturated rings. The lowest BCUT2D eigenvalue weighted by atomic mass is 9.91. The van der Waals surface area contributed by atoms with Crippen molar-refractivity contribution < 1.29 is 15.0 Å². The van der Waals surface area contributed by atoms with E-state index in [2.05, 4.69) is 5.32 Å². The molecule has 0 aromatic rings. The highest BCUT2D eigenvalue weighted by Crippen LogP contribution is 2.23. The van der Waals surface area contributed by atoms with Crippen LogP contribution in [0.5, 0.6) is 0 Å². The van der Waals surface area contributed by atoms with Crippen LogP contribution in [0.3, 0.4) is 0 Å². The predicted octanol–water partition coefficient (Wildman–Crippen LogP) is 0.144. The Hall–Kier alpha value is -0.650. The van der Waals surface area contributed by atoms with Crippen molar-refractivity contribution >= 4 is 5.91 Å². The zero-order chi connectivity index (χ0) is 13.6. The summed E-state index contributed by atoms with van der Waals surface area (Å²) in [4.78, 5) is 12.2. The highest BCUT2D eigenvalue weighted by molar-refractivity contribution is 5.80. The number of nitrogens with one attached hydrogen (secondary N) is 1. The van der Waals surface area contributed by atoms with E-state index in [1.807, 2.05) is 6.92 Å². The first kappa shape index (κ1) is 15.4. The Balaban J connectivity index is 2.67. The first-order valence-electron chi connectivity index (χ1n) is 6.88. The molecule has 1 amide bonds. The van der Waals surface area contributed by atoms with Crippen LogP contribution in [0.1, 0.15) is 45.4 Å². The molecule has 2 unspecified atom stereocenters. The van der Waals surface area contributed by atoms with Gasteiger partial charge in [0.1, 0.15) is 0 Å². The normalized spacial score (nSPS) is 25.6. The molecular weight excluding hydrogens is 232 g/mol. The summed E-state index contributed by atoms with van der Waals surface area (Å²) in [6, 6.07) is -0.112. The lowest BCUT2D eigenvalue weighted by Gasteiger charge is -2.32. The molecule has 0 aromatic carbocycles. The second kappa shape index (κ2) is 7.07. The summed E-state index contributed by atoms with van der Waals surface area (Å²) in [7, 11) is 0. The topological polar surface area (TPSA) is 95.6 Å². The summed E-state index contributed by atoms with van der Waals surface area (Å²) in [6.07, 6.45) is 5.37. The van der Waals surface area contributed by atoms with Crippen LogP contribution in [0.2, 0.25) is 0 Å². The molecule has 0 bridgehead atoms. The van der Waals surface area contributed by atoms with Gasteiger partial charge in [-0.2, -0.15) is 0 Å².